The number of piperazine rings is 1. The van der Waals surface area contributed by atoms with E-state index in [1.807, 2.05) is 82.3 Å². The summed E-state index contributed by atoms with van der Waals surface area (Å²) < 4.78 is 36.0. The van der Waals surface area contributed by atoms with Crippen LogP contribution in [0.2, 0.25) is 0 Å². The van der Waals surface area contributed by atoms with Crippen molar-refractivity contribution in [1.82, 2.24) is 18.8 Å². The van der Waals surface area contributed by atoms with Crippen molar-refractivity contribution in [1.29, 1.82) is 0 Å². The molecule has 1 aliphatic heterocycles. The SMILES string of the molecule is COc1ccccc1-n1c(C(C)N2CCN(S(=O)(=O)c3c(C)cc(C)cc3C)CC2)nc2ccccc2c1=O. The molecule has 0 N–H and O–H groups in total. The van der Waals surface area contributed by atoms with Crippen molar-refractivity contribution in [2.24, 2.45) is 0 Å². The minimum absolute atomic E-state index is 0.168. The van der Waals surface area contributed by atoms with Gasteiger partial charge in [-0.25, -0.2) is 13.4 Å². The normalized spacial score (nSPS) is 15.9. The molecule has 9 heteroatoms. The van der Waals surface area contributed by atoms with Crippen molar-refractivity contribution in [3.8, 4) is 11.4 Å². The van der Waals surface area contributed by atoms with E-state index in [4.69, 9.17) is 9.72 Å². The maximum Gasteiger partial charge on any atom is 0.266 e. The highest BCUT2D eigenvalue weighted by atomic mass is 32.2. The van der Waals surface area contributed by atoms with Crippen LogP contribution in [0.5, 0.6) is 5.75 Å². The minimum Gasteiger partial charge on any atom is -0.495 e. The van der Waals surface area contributed by atoms with Gasteiger partial charge in [-0.1, -0.05) is 42.0 Å². The number of para-hydroxylation sites is 3. The third-order valence-corrected chi connectivity index (χ3v) is 9.73. The molecule has 39 heavy (non-hydrogen) atoms. The summed E-state index contributed by atoms with van der Waals surface area (Å²) >= 11 is 0. The van der Waals surface area contributed by atoms with Crippen LogP contribution in [-0.2, 0) is 10.0 Å². The molecule has 1 unspecified atom stereocenters. The number of sulfonamides is 1. The van der Waals surface area contributed by atoms with Gasteiger partial charge in [-0.3, -0.25) is 14.3 Å². The average molecular weight is 547 g/mol. The first-order chi connectivity index (χ1) is 18.6. The number of nitrogens with zero attached hydrogens (tertiary/aromatic N) is 4. The quantitative estimate of drug-likeness (QED) is 0.357. The number of methoxy groups -OCH3 is 1. The van der Waals surface area contributed by atoms with Crippen molar-refractivity contribution in [3.63, 3.8) is 0 Å². The molecule has 2 heterocycles. The summed E-state index contributed by atoms with van der Waals surface area (Å²) in [5.74, 6) is 1.16. The highest BCUT2D eigenvalue weighted by Crippen LogP contribution is 2.30. The number of rotatable bonds is 6. The van der Waals surface area contributed by atoms with Crippen LogP contribution in [0.3, 0.4) is 0 Å². The fourth-order valence-electron chi connectivity index (χ4n) is 5.67. The predicted molar refractivity (Wildman–Crippen MR) is 153 cm³/mol. The largest absolute Gasteiger partial charge is 0.495 e. The number of aryl methyl sites for hydroxylation is 3. The Morgan fingerprint density at radius 2 is 1.51 bits per heavy atom. The topological polar surface area (TPSA) is 84.7 Å². The standard InChI is InChI=1S/C30H34N4O4S/c1-20-18-21(2)28(22(3)19-20)39(36,37)33-16-14-32(15-17-33)23(4)29-31-25-11-7-6-10-24(25)30(35)34(29)26-12-8-9-13-27(26)38-5/h6-13,18-19,23H,14-17H2,1-5H3. The van der Waals surface area contributed by atoms with Crippen molar-refractivity contribution < 1.29 is 13.2 Å². The number of benzene rings is 3. The van der Waals surface area contributed by atoms with E-state index in [1.165, 1.54) is 0 Å². The molecule has 0 radical (unpaired) electrons. The van der Waals surface area contributed by atoms with Gasteiger partial charge >= 0.3 is 0 Å². The van der Waals surface area contributed by atoms with E-state index in [0.717, 1.165) is 16.7 Å². The molecule has 1 aliphatic rings. The molecule has 8 nitrogen and oxygen atoms in total. The summed E-state index contributed by atoms with van der Waals surface area (Å²) in [5.41, 5.74) is 3.66. The lowest BCUT2D eigenvalue weighted by Gasteiger charge is -2.38. The van der Waals surface area contributed by atoms with Crippen LogP contribution >= 0.6 is 0 Å². The monoisotopic (exact) mass is 546 g/mol. The van der Waals surface area contributed by atoms with Gasteiger partial charge in [0.2, 0.25) is 10.0 Å². The molecule has 1 fully saturated rings. The Balaban J connectivity index is 1.49. The third-order valence-electron chi connectivity index (χ3n) is 7.52. The molecule has 204 valence electrons. The third kappa shape index (κ3) is 4.86. The molecule has 5 rings (SSSR count). The van der Waals surface area contributed by atoms with E-state index in [1.54, 1.807) is 22.0 Å². The van der Waals surface area contributed by atoms with Crippen LogP contribution < -0.4 is 10.3 Å². The van der Waals surface area contributed by atoms with Crippen molar-refractivity contribution in [3.05, 3.63) is 93.5 Å². The molecule has 4 aromatic rings. The number of fused-ring (bicyclic) bond motifs is 1. The summed E-state index contributed by atoms with van der Waals surface area (Å²) in [4.78, 5) is 21.3. The Labute approximate surface area is 229 Å². The average Bonchev–Trinajstić information content (AvgIpc) is 2.92. The summed E-state index contributed by atoms with van der Waals surface area (Å²) in [7, 11) is -2.05. The van der Waals surface area contributed by atoms with Crippen LogP contribution in [0.25, 0.3) is 16.6 Å². The van der Waals surface area contributed by atoms with Gasteiger partial charge in [-0.15, -0.1) is 0 Å². The fraction of sp³-hybridized carbons (Fsp3) is 0.333. The van der Waals surface area contributed by atoms with Gasteiger partial charge in [-0.05, 0) is 63.1 Å². The van der Waals surface area contributed by atoms with E-state index in [9.17, 15) is 13.2 Å². The molecule has 1 aromatic heterocycles. The van der Waals surface area contributed by atoms with Gasteiger partial charge in [0, 0.05) is 26.2 Å². The maximum atomic E-state index is 13.8. The molecule has 1 atom stereocenters. The van der Waals surface area contributed by atoms with Gasteiger partial charge in [0.05, 0.1) is 34.6 Å². The Morgan fingerprint density at radius 1 is 0.897 bits per heavy atom. The fourth-order valence-corrected chi connectivity index (χ4v) is 7.51. The van der Waals surface area contributed by atoms with Crippen LogP contribution in [0, 0.1) is 20.8 Å². The first-order valence-corrected chi connectivity index (χ1v) is 14.5. The molecule has 0 saturated carbocycles. The molecule has 3 aromatic carbocycles. The van der Waals surface area contributed by atoms with Crippen LogP contribution in [0.1, 0.15) is 35.5 Å². The van der Waals surface area contributed by atoms with E-state index < -0.39 is 10.0 Å². The van der Waals surface area contributed by atoms with Gasteiger partial charge in [-0.2, -0.15) is 4.31 Å². The first-order valence-electron chi connectivity index (χ1n) is 13.1. The van der Waals surface area contributed by atoms with E-state index in [-0.39, 0.29) is 11.6 Å². The van der Waals surface area contributed by atoms with E-state index in [2.05, 4.69) is 4.90 Å². The predicted octanol–water partition coefficient (Wildman–Crippen LogP) is 4.39. The van der Waals surface area contributed by atoms with Gasteiger partial charge in [0.25, 0.3) is 5.56 Å². The lowest BCUT2D eigenvalue weighted by molar-refractivity contribution is 0.139. The second-order valence-corrected chi connectivity index (χ2v) is 12.0. The molecule has 0 spiro atoms. The smallest absolute Gasteiger partial charge is 0.266 e. The zero-order chi connectivity index (χ0) is 27.9. The molecule has 1 saturated heterocycles. The van der Waals surface area contributed by atoms with Crippen molar-refractivity contribution in [2.75, 3.05) is 33.3 Å². The van der Waals surface area contributed by atoms with Crippen LogP contribution in [0.15, 0.2) is 70.4 Å². The molecule has 0 amide bonds. The van der Waals surface area contributed by atoms with Crippen LogP contribution in [-0.4, -0.2) is 60.5 Å². The summed E-state index contributed by atoms with van der Waals surface area (Å²) in [6.07, 6.45) is 0. The van der Waals surface area contributed by atoms with Gasteiger partial charge in [0.15, 0.2) is 0 Å². The first kappa shape index (κ1) is 27.1. The zero-order valence-corrected chi connectivity index (χ0v) is 23.8. The van der Waals surface area contributed by atoms with Gasteiger partial charge in [0.1, 0.15) is 11.6 Å². The summed E-state index contributed by atoms with van der Waals surface area (Å²) in [5, 5.41) is 0.527. The number of aromatic nitrogens is 2. The zero-order valence-electron chi connectivity index (χ0n) is 23.0. The van der Waals surface area contributed by atoms with Gasteiger partial charge < -0.3 is 4.74 Å². The summed E-state index contributed by atoms with van der Waals surface area (Å²) in [6, 6.07) is 18.3. The van der Waals surface area contributed by atoms with Crippen molar-refractivity contribution >= 4 is 20.9 Å². The lowest BCUT2D eigenvalue weighted by atomic mass is 10.1. The number of hydrogen-bond donors (Lipinski definition) is 0. The highest BCUT2D eigenvalue weighted by Gasteiger charge is 2.33. The Bertz CT molecular complexity index is 1680. The van der Waals surface area contributed by atoms with Crippen LogP contribution in [0.4, 0.5) is 0 Å². The second kappa shape index (κ2) is 10.6. The molecule has 0 aliphatic carbocycles. The van der Waals surface area contributed by atoms with E-state index >= 15 is 0 Å². The highest BCUT2D eigenvalue weighted by molar-refractivity contribution is 7.89. The minimum atomic E-state index is -3.63. The molecular formula is C30H34N4O4S. The Kier molecular flexibility index (Phi) is 7.33. The summed E-state index contributed by atoms with van der Waals surface area (Å²) in [6.45, 7) is 9.43. The molecule has 0 bridgehead atoms. The Hall–Kier alpha value is -3.53. The maximum absolute atomic E-state index is 13.8. The van der Waals surface area contributed by atoms with E-state index in [0.29, 0.717) is 59.2 Å². The second-order valence-electron chi connectivity index (χ2n) is 10.1. The lowest BCUT2D eigenvalue weighted by Crippen LogP contribution is -2.50. The number of hydrogen-bond acceptors (Lipinski definition) is 6. The molecular weight excluding hydrogens is 512 g/mol. The van der Waals surface area contributed by atoms with Crippen molar-refractivity contribution in [2.45, 2.75) is 38.6 Å². The Morgan fingerprint density at radius 3 is 2.18 bits per heavy atom. The number of ether oxygens (including phenoxy) is 1.